The van der Waals surface area contributed by atoms with E-state index in [1.165, 1.54) is 6.20 Å². The Balaban J connectivity index is 2.07. The third-order valence-electron chi connectivity index (χ3n) is 2.90. The standard InChI is InChI=1S/C12H11N3O2/c16-15(17)11-8-14(10-4-2-1-3-5-10)13-12(11)9-6-7-9/h1-5,8-9H,6-7H2. The predicted octanol–water partition coefficient (Wildman–Crippen LogP) is 2.66. The monoisotopic (exact) mass is 229 g/mol. The lowest BCUT2D eigenvalue weighted by Crippen LogP contribution is -1.94. The lowest BCUT2D eigenvalue weighted by molar-refractivity contribution is -0.385. The van der Waals surface area contributed by atoms with Gasteiger partial charge in [-0.2, -0.15) is 5.10 Å². The molecule has 1 aromatic carbocycles. The van der Waals surface area contributed by atoms with Gasteiger partial charge in [0, 0.05) is 5.92 Å². The van der Waals surface area contributed by atoms with Crippen molar-refractivity contribution in [2.45, 2.75) is 18.8 Å². The van der Waals surface area contributed by atoms with E-state index in [0.29, 0.717) is 5.69 Å². The van der Waals surface area contributed by atoms with Crippen LogP contribution in [-0.4, -0.2) is 14.7 Å². The van der Waals surface area contributed by atoms with E-state index in [-0.39, 0.29) is 16.5 Å². The second kappa shape index (κ2) is 3.69. The molecule has 1 aliphatic rings. The van der Waals surface area contributed by atoms with Gasteiger partial charge in [0.05, 0.1) is 10.6 Å². The van der Waals surface area contributed by atoms with Crippen LogP contribution in [0.25, 0.3) is 5.69 Å². The number of aromatic nitrogens is 2. The summed E-state index contributed by atoms with van der Waals surface area (Å²) in [6.07, 6.45) is 3.52. The Hall–Kier alpha value is -2.17. The van der Waals surface area contributed by atoms with Crippen molar-refractivity contribution < 1.29 is 4.92 Å². The molecule has 3 rings (SSSR count). The molecule has 0 amide bonds. The lowest BCUT2D eigenvalue weighted by atomic mass is 10.3. The zero-order chi connectivity index (χ0) is 11.8. The van der Waals surface area contributed by atoms with E-state index < -0.39 is 0 Å². The maximum atomic E-state index is 11.0. The van der Waals surface area contributed by atoms with E-state index in [0.717, 1.165) is 18.5 Å². The molecule has 0 N–H and O–H groups in total. The first kappa shape index (κ1) is 10.0. The molecule has 0 spiro atoms. The van der Waals surface area contributed by atoms with E-state index in [1.807, 2.05) is 30.3 Å². The average Bonchev–Trinajstić information content (AvgIpc) is 3.09. The van der Waals surface area contributed by atoms with Crippen LogP contribution in [0.5, 0.6) is 0 Å². The van der Waals surface area contributed by atoms with Crippen molar-refractivity contribution in [3.63, 3.8) is 0 Å². The Morgan fingerprint density at radius 2 is 2.00 bits per heavy atom. The Morgan fingerprint density at radius 1 is 1.29 bits per heavy atom. The van der Waals surface area contributed by atoms with Crippen molar-refractivity contribution in [1.29, 1.82) is 0 Å². The molecule has 17 heavy (non-hydrogen) atoms. The molecule has 1 heterocycles. The molecule has 1 aromatic heterocycles. The highest BCUT2D eigenvalue weighted by Gasteiger charge is 2.34. The summed E-state index contributed by atoms with van der Waals surface area (Å²) in [7, 11) is 0. The normalized spacial score (nSPS) is 14.8. The van der Waals surface area contributed by atoms with Crippen LogP contribution in [-0.2, 0) is 0 Å². The van der Waals surface area contributed by atoms with Crippen LogP contribution in [0.4, 0.5) is 5.69 Å². The molecule has 0 bridgehead atoms. The molecule has 1 aliphatic carbocycles. The maximum absolute atomic E-state index is 11.0. The first-order valence-electron chi connectivity index (χ1n) is 5.55. The Morgan fingerprint density at radius 3 is 2.59 bits per heavy atom. The molecular weight excluding hydrogens is 218 g/mol. The summed E-state index contributed by atoms with van der Waals surface area (Å²) in [4.78, 5) is 10.6. The summed E-state index contributed by atoms with van der Waals surface area (Å²) in [5.41, 5.74) is 1.61. The molecule has 0 saturated heterocycles. The zero-order valence-corrected chi connectivity index (χ0v) is 9.11. The second-order valence-corrected chi connectivity index (χ2v) is 4.21. The molecule has 0 aliphatic heterocycles. The number of rotatable bonds is 3. The van der Waals surface area contributed by atoms with Gasteiger partial charge in [-0.1, -0.05) is 18.2 Å². The van der Waals surface area contributed by atoms with Crippen molar-refractivity contribution in [1.82, 2.24) is 9.78 Å². The molecule has 2 aromatic rings. The fraction of sp³-hybridized carbons (Fsp3) is 0.250. The van der Waals surface area contributed by atoms with E-state index in [2.05, 4.69) is 5.10 Å². The molecule has 1 fully saturated rings. The van der Waals surface area contributed by atoms with Crippen molar-refractivity contribution in [3.8, 4) is 5.69 Å². The highest BCUT2D eigenvalue weighted by atomic mass is 16.6. The number of nitro groups is 1. The summed E-state index contributed by atoms with van der Waals surface area (Å²) in [5, 5.41) is 15.3. The Bertz CT molecular complexity index is 558. The molecule has 5 heteroatoms. The number of benzene rings is 1. The SMILES string of the molecule is O=[N+]([O-])c1cn(-c2ccccc2)nc1C1CC1. The topological polar surface area (TPSA) is 61.0 Å². The van der Waals surface area contributed by atoms with Crippen LogP contribution >= 0.6 is 0 Å². The van der Waals surface area contributed by atoms with Crippen LogP contribution in [0.15, 0.2) is 36.5 Å². The highest BCUT2D eigenvalue weighted by Crippen LogP contribution is 2.43. The quantitative estimate of drug-likeness (QED) is 0.600. The summed E-state index contributed by atoms with van der Waals surface area (Å²) >= 11 is 0. The summed E-state index contributed by atoms with van der Waals surface area (Å²) in [6.45, 7) is 0. The van der Waals surface area contributed by atoms with Gasteiger partial charge in [-0.15, -0.1) is 0 Å². The van der Waals surface area contributed by atoms with E-state index in [9.17, 15) is 10.1 Å². The third-order valence-corrected chi connectivity index (χ3v) is 2.90. The van der Waals surface area contributed by atoms with Crippen molar-refractivity contribution in [2.75, 3.05) is 0 Å². The number of nitrogens with zero attached hydrogens (tertiary/aromatic N) is 3. The minimum Gasteiger partial charge on any atom is -0.258 e. The molecule has 0 radical (unpaired) electrons. The molecule has 1 saturated carbocycles. The molecule has 86 valence electrons. The highest BCUT2D eigenvalue weighted by molar-refractivity contribution is 5.42. The zero-order valence-electron chi connectivity index (χ0n) is 9.11. The van der Waals surface area contributed by atoms with Gasteiger partial charge in [-0.25, -0.2) is 4.68 Å². The van der Waals surface area contributed by atoms with Crippen molar-refractivity contribution in [3.05, 3.63) is 52.3 Å². The van der Waals surface area contributed by atoms with E-state index in [4.69, 9.17) is 0 Å². The molecule has 0 unspecified atom stereocenters. The third kappa shape index (κ3) is 1.80. The molecule has 0 atom stereocenters. The fourth-order valence-corrected chi connectivity index (χ4v) is 1.88. The molecular formula is C12H11N3O2. The minimum absolute atomic E-state index is 0.136. The first-order chi connectivity index (χ1) is 8.25. The van der Waals surface area contributed by atoms with Crippen molar-refractivity contribution in [2.24, 2.45) is 0 Å². The van der Waals surface area contributed by atoms with Crippen LogP contribution in [0, 0.1) is 10.1 Å². The van der Waals surface area contributed by atoms with Crippen LogP contribution < -0.4 is 0 Å². The molecule has 5 nitrogen and oxygen atoms in total. The van der Waals surface area contributed by atoms with Crippen LogP contribution in [0.2, 0.25) is 0 Å². The van der Waals surface area contributed by atoms with E-state index >= 15 is 0 Å². The van der Waals surface area contributed by atoms with Crippen LogP contribution in [0.1, 0.15) is 24.5 Å². The average molecular weight is 229 g/mol. The van der Waals surface area contributed by atoms with Gasteiger partial charge >= 0.3 is 5.69 Å². The summed E-state index contributed by atoms with van der Waals surface area (Å²) in [5.74, 6) is 0.278. The summed E-state index contributed by atoms with van der Waals surface area (Å²) < 4.78 is 1.59. The largest absolute Gasteiger partial charge is 0.310 e. The van der Waals surface area contributed by atoms with Gasteiger partial charge in [-0.05, 0) is 25.0 Å². The van der Waals surface area contributed by atoms with Gasteiger partial charge in [0.25, 0.3) is 0 Å². The first-order valence-corrected chi connectivity index (χ1v) is 5.55. The van der Waals surface area contributed by atoms with Gasteiger partial charge in [0.2, 0.25) is 0 Å². The van der Waals surface area contributed by atoms with Crippen LogP contribution in [0.3, 0.4) is 0 Å². The van der Waals surface area contributed by atoms with Gasteiger partial charge in [0.1, 0.15) is 11.9 Å². The second-order valence-electron chi connectivity index (χ2n) is 4.21. The van der Waals surface area contributed by atoms with Gasteiger partial charge in [-0.3, -0.25) is 10.1 Å². The lowest BCUT2D eigenvalue weighted by Gasteiger charge is -1.98. The minimum atomic E-state index is -0.347. The number of hydrogen-bond acceptors (Lipinski definition) is 3. The fourth-order valence-electron chi connectivity index (χ4n) is 1.88. The smallest absolute Gasteiger partial charge is 0.258 e. The summed E-state index contributed by atoms with van der Waals surface area (Å²) in [6, 6.07) is 9.45. The number of hydrogen-bond donors (Lipinski definition) is 0. The Kier molecular flexibility index (Phi) is 2.18. The Labute approximate surface area is 97.8 Å². The van der Waals surface area contributed by atoms with E-state index in [1.54, 1.807) is 4.68 Å². The maximum Gasteiger partial charge on any atom is 0.310 e. The predicted molar refractivity (Wildman–Crippen MR) is 62.2 cm³/mol. The van der Waals surface area contributed by atoms with Crippen molar-refractivity contribution >= 4 is 5.69 Å². The van der Waals surface area contributed by atoms with Gasteiger partial charge in [0.15, 0.2) is 0 Å². The van der Waals surface area contributed by atoms with Gasteiger partial charge < -0.3 is 0 Å². The number of para-hydroxylation sites is 1.